The summed E-state index contributed by atoms with van der Waals surface area (Å²) in [4.78, 5) is 25.2. The molecular formula is C20H21N5O2S. The van der Waals surface area contributed by atoms with Crippen LogP contribution in [0.5, 0.6) is 0 Å². The molecule has 144 valence electrons. The number of morpholine rings is 1. The zero-order valence-corrected chi connectivity index (χ0v) is 16.1. The van der Waals surface area contributed by atoms with Gasteiger partial charge in [-0.25, -0.2) is 4.98 Å². The van der Waals surface area contributed by atoms with Crippen LogP contribution in [0, 0.1) is 0 Å². The zero-order valence-electron chi connectivity index (χ0n) is 15.3. The van der Waals surface area contributed by atoms with E-state index < -0.39 is 0 Å². The van der Waals surface area contributed by atoms with E-state index in [9.17, 15) is 4.79 Å². The van der Waals surface area contributed by atoms with Crippen molar-refractivity contribution in [1.29, 1.82) is 0 Å². The molecule has 1 N–H and O–H groups in total. The van der Waals surface area contributed by atoms with E-state index in [2.05, 4.69) is 25.6 Å². The predicted octanol–water partition coefficient (Wildman–Crippen LogP) is 3.28. The summed E-state index contributed by atoms with van der Waals surface area (Å²) in [6, 6.07) is 9.79. The van der Waals surface area contributed by atoms with Crippen LogP contribution < -0.4 is 10.2 Å². The van der Waals surface area contributed by atoms with Crippen LogP contribution in [0.3, 0.4) is 0 Å². The van der Waals surface area contributed by atoms with Crippen molar-refractivity contribution >= 4 is 40.1 Å². The van der Waals surface area contributed by atoms with Crippen LogP contribution in [0.4, 0.5) is 22.9 Å². The summed E-state index contributed by atoms with van der Waals surface area (Å²) in [6.45, 7) is 3.29. The molecule has 0 unspecified atom stereocenters. The maximum Gasteiger partial charge on any atom is 0.238 e. The fourth-order valence-corrected chi connectivity index (χ4v) is 3.71. The molecule has 28 heavy (non-hydrogen) atoms. The number of ether oxygens (including phenoxy) is 1. The first-order valence-electron chi connectivity index (χ1n) is 9.08. The predicted molar refractivity (Wildman–Crippen MR) is 110 cm³/mol. The fourth-order valence-electron chi connectivity index (χ4n) is 3.09. The molecule has 1 aliphatic rings. The third-order valence-electron chi connectivity index (χ3n) is 4.40. The van der Waals surface area contributed by atoms with Gasteiger partial charge in [0, 0.05) is 42.2 Å². The van der Waals surface area contributed by atoms with Gasteiger partial charge in [-0.1, -0.05) is 6.07 Å². The first kappa shape index (κ1) is 18.5. The van der Waals surface area contributed by atoms with E-state index in [0.717, 1.165) is 36.0 Å². The second-order valence-corrected chi connectivity index (χ2v) is 7.15. The van der Waals surface area contributed by atoms with Crippen molar-refractivity contribution in [2.24, 2.45) is 0 Å². The SMILES string of the molecule is O=C(CN1CCOCC1)Nc1cccc(N(c2ccsc2)c2cnccn2)c1. The summed E-state index contributed by atoms with van der Waals surface area (Å²) < 4.78 is 5.33. The number of nitrogens with one attached hydrogen (secondary N) is 1. The number of carbonyl (C=O) groups is 1. The van der Waals surface area contributed by atoms with Crippen molar-refractivity contribution in [3.63, 3.8) is 0 Å². The lowest BCUT2D eigenvalue weighted by Crippen LogP contribution is -2.41. The van der Waals surface area contributed by atoms with E-state index in [4.69, 9.17) is 4.74 Å². The highest BCUT2D eigenvalue weighted by Gasteiger charge is 2.16. The van der Waals surface area contributed by atoms with Gasteiger partial charge in [0.25, 0.3) is 0 Å². The van der Waals surface area contributed by atoms with Crippen molar-refractivity contribution in [2.45, 2.75) is 0 Å². The van der Waals surface area contributed by atoms with Gasteiger partial charge in [0.05, 0.1) is 31.6 Å². The maximum atomic E-state index is 12.4. The summed E-state index contributed by atoms with van der Waals surface area (Å²) in [5.74, 6) is 0.693. The minimum Gasteiger partial charge on any atom is -0.379 e. The topological polar surface area (TPSA) is 70.6 Å². The first-order valence-corrected chi connectivity index (χ1v) is 10.0. The standard InChI is InChI=1S/C20H21N5O2S/c26-20(14-24-7-9-27-10-8-24)23-16-2-1-3-17(12-16)25(18-4-11-28-15-18)19-13-21-5-6-22-19/h1-6,11-13,15H,7-10,14H2,(H,23,26). The van der Waals surface area contributed by atoms with E-state index >= 15 is 0 Å². The number of amides is 1. The highest BCUT2D eigenvalue weighted by Crippen LogP contribution is 2.35. The van der Waals surface area contributed by atoms with E-state index in [1.807, 2.05) is 40.6 Å². The second-order valence-electron chi connectivity index (χ2n) is 6.37. The Hall–Kier alpha value is -2.81. The van der Waals surface area contributed by atoms with Gasteiger partial charge in [0.15, 0.2) is 5.82 Å². The molecule has 0 aliphatic carbocycles. The summed E-state index contributed by atoms with van der Waals surface area (Å²) in [5.41, 5.74) is 2.66. The van der Waals surface area contributed by atoms with E-state index in [0.29, 0.717) is 19.8 Å². The van der Waals surface area contributed by atoms with Gasteiger partial charge in [-0.3, -0.25) is 19.6 Å². The molecule has 8 heteroatoms. The number of hydrogen-bond donors (Lipinski definition) is 1. The van der Waals surface area contributed by atoms with Gasteiger partial charge < -0.3 is 10.1 Å². The van der Waals surface area contributed by atoms with Crippen molar-refractivity contribution in [2.75, 3.05) is 43.1 Å². The smallest absolute Gasteiger partial charge is 0.238 e. The van der Waals surface area contributed by atoms with Crippen LogP contribution >= 0.6 is 11.3 Å². The molecule has 0 atom stereocenters. The van der Waals surface area contributed by atoms with Crippen molar-refractivity contribution in [3.05, 3.63) is 59.7 Å². The minimum atomic E-state index is -0.0272. The fraction of sp³-hybridized carbons (Fsp3) is 0.250. The number of anilines is 4. The molecule has 1 fully saturated rings. The average molecular weight is 395 g/mol. The zero-order chi connectivity index (χ0) is 19.2. The minimum absolute atomic E-state index is 0.0272. The van der Waals surface area contributed by atoms with Gasteiger partial charge in [-0.15, -0.1) is 0 Å². The van der Waals surface area contributed by atoms with E-state index in [-0.39, 0.29) is 5.91 Å². The normalized spacial score (nSPS) is 14.6. The third-order valence-corrected chi connectivity index (χ3v) is 5.07. The van der Waals surface area contributed by atoms with Crippen molar-refractivity contribution in [1.82, 2.24) is 14.9 Å². The molecule has 1 aliphatic heterocycles. The number of carbonyl (C=O) groups excluding carboxylic acids is 1. The van der Waals surface area contributed by atoms with Gasteiger partial charge in [0.1, 0.15) is 0 Å². The summed E-state index contributed by atoms with van der Waals surface area (Å²) >= 11 is 1.62. The lowest BCUT2D eigenvalue weighted by atomic mass is 10.2. The van der Waals surface area contributed by atoms with Crippen LogP contribution in [0.1, 0.15) is 0 Å². The number of aromatic nitrogens is 2. The van der Waals surface area contributed by atoms with E-state index in [1.165, 1.54) is 0 Å². The monoisotopic (exact) mass is 395 g/mol. The third kappa shape index (κ3) is 4.53. The Balaban J connectivity index is 1.53. The lowest BCUT2D eigenvalue weighted by molar-refractivity contribution is -0.118. The number of hydrogen-bond acceptors (Lipinski definition) is 7. The van der Waals surface area contributed by atoms with Gasteiger partial charge in [-0.2, -0.15) is 11.3 Å². The summed E-state index contributed by atoms with van der Waals surface area (Å²) in [6.07, 6.45) is 5.04. The van der Waals surface area contributed by atoms with Crippen LogP contribution in [0.15, 0.2) is 59.7 Å². The molecule has 3 aromatic rings. The molecular weight excluding hydrogens is 374 g/mol. The highest BCUT2D eigenvalue weighted by atomic mass is 32.1. The molecule has 2 aromatic heterocycles. The Morgan fingerprint density at radius 3 is 2.86 bits per heavy atom. The van der Waals surface area contributed by atoms with Crippen LogP contribution in [-0.2, 0) is 9.53 Å². The molecule has 1 saturated heterocycles. The van der Waals surface area contributed by atoms with Crippen LogP contribution in [-0.4, -0.2) is 53.6 Å². The first-order chi connectivity index (χ1) is 13.8. The number of thiophene rings is 1. The molecule has 0 bridgehead atoms. The lowest BCUT2D eigenvalue weighted by Gasteiger charge is -2.26. The number of rotatable bonds is 6. The maximum absolute atomic E-state index is 12.4. The van der Waals surface area contributed by atoms with Gasteiger partial charge in [-0.05, 0) is 29.6 Å². The van der Waals surface area contributed by atoms with E-state index in [1.54, 1.807) is 29.9 Å². The summed E-state index contributed by atoms with van der Waals surface area (Å²) in [7, 11) is 0. The Morgan fingerprint density at radius 1 is 1.21 bits per heavy atom. The molecule has 1 amide bonds. The molecule has 4 rings (SSSR count). The molecule has 0 saturated carbocycles. The molecule has 1 aromatic carbocycles. The van der Waals surface area contributed by atoms with Crippen LogP contribution in [0.25, 0.3) is 0 Å². The Bertz CT molecular complexity index is 898. The van der Waals surface area contributed by atoms with Gasteiger partial charge in [0.2, 0.25) is 5.91 Å². The Labute approximate surface area is 167 Å². The average Bonchev–Trinajstić information content (AvgIpc) is 3.24. The highest BCUT2D eigenvalue weighted by molar-refractivity contribution is 7.08. The molecule has 0 spiro atoms. The Kier molecular flexibility index (Phi) is 5.91. The van der Waals surface area contributed by atoms with Crippen LogP contribution in [0.2, 0.25) is 0 Å². The second kappa shape index (κ2) is 8.92. The Morgan fingerprint density at radius 2 is 2.11 bits per heavy atom. The van der Waals surface area contributed by atoms with Crippen molar-refractivity contribution in [3.8, 4) is 0 Å². The summed E-state index contributed by atoms with van der Waals surface area (Å²) in [5, 5.41) is 7.07. The van der Waals surface area contributed by atoms with Crippen molar-refractivity contribution < 1.29 is 9.53 Å². The number of nitrogens with zero attached hydrogens (tertiary/aromatic N) is 4. The molecule has 7 nitrogen and oxygen atoms in total. The largest absolute Gasteiger partial charge is 0.379 e. The molecule has 0 radical (unpaired) electrons. The quantitative estimate of drug-likeness (QED) is 0.691. The number of benzene rings is 1. The molecule has 3 heterocycles. The van der Waals surface area contributed by atoms with Gasteiger partial charge >= 0.3 is 0 Å².